The van der Waals surface area contributed by atoms with Crippen molar-refractivity contribution in [1.82, 2.24) is 15.6 Å². The van der Waals surface area contributed by atoms with E-state index in [4.69, 9.17) is 4.74 Å². The fraction of sp³-hybridized carbons (Fsp3) is 0.400. The number of aliphatic imine (C=N–C) groups is 1. The number of nitrogens with one attached hydrogen (secondary N) is 2. The topological polar surface area (TPSA) is 61.8 Å². The van der Waals surface area contributed by atoms with Crippen molar-refractivity contribution in [2.75, 3.05) is 31.6 Å². The zero-order chi connectivity index (χ0) is 19.1. The van der Waals surface area contributed by atoms with E-state index in [0.717, 1.165) is 18.7 Å². The van der Waals surface area contributed by atoms with Gasteiger partial charge in [-0.05, 0) is 37.6 Å². The summed E-state index contributed by atoms with van der Waals surface area (Å²) in [7, 11) is 1.74. The summed E-state index contributed by atoms with van der Waals surface area (Å²) >= 11 is 0. The van der Waals surface area contributed by atoms with Crippen LogP contribution in [0.4, 0.5) is 10.2 Å². The molecule has 2 aromatic rings. The van der Waals surface area contributed by atoms with Gasteiger partial charge < -0.3 is 20.3 Å². The second kappa shape index (κ2) is 9.21. The molecule has 0 aliphatic carbocycles. The van der Waals surface area contributed by atoms with E-state index in [-0.39, 0.29) is 18.0 Å². The van der Waals surface area contributed by atoms with Crippen LogP contribution in [0.15, 0.2) is 53.7 Å². The highest BCUT2D eigenvalue weighted by Crippen LogP contribution is 2.20. The van der Waals surface area contributed by atoms with Gasteiger partial charge in [0.25, 0.3) is 0 Å². The Labute approximate surface area is 159 Å². The summed E-state index contributed by atoms with van der Waals surface area (Å²) < 4.78 is 19.8. The molecule has 1 aliphatic rings. The number of hydrogen-bond donors (Lipinski definition) is 2. The molecule has 0 radical (unpaired) electrons. The molecule has 0 spiro atoms. The van der Waals surface area contributed by atoms with Gasteiger partial charge >= 0.3 is 0 Å². The molecule has 6 nitrogen and oxygen atoms in total. The molecule has 0 saturated carbocycles. The van der Waals surface area contributed by atoms with Crippen LogP contribution >= 0.6 is 0 Å². The number of halogens is 1. The molecule has 1 saturated heterocycles. The SMILES string of the molecule is CN=C(NCC(C)Oc1ccccc1)NC1CCN(c2ncccc2F)C1. The van der Waals surface area contributed by atoms with Crippen LogP contribution in [0.5, 0.6) is 5.75 Å². The van der Waals surface area contributed by atoms with Crippen molar-refractivity contribution >= 4 is 11.8 Å². The molecule has 0 amide bonds. The molecule has 2 unspecified atom stereocenters. The van der Waals surface area contributed by atoms with Crippen LogP contribution in [0, 0.1) is 5.82 Å². The molecule has 7 heteroatoms. The zero-order valence-corrected chi connectivity index (χ0v) is 15.7. The molecule has 2 atom stereocenters. The van der Waals surface area contributed by atoms with Crippen LogP contribution in [0.2, 0.25) is 0 Å². The highest BCUT2D eigenvalue weighted by Gasteiger charge is 2.26. The number of aromatic nitrogens is 1. The lowest BCUT2D eigenvalue weighted by Crippen LogP contribution is -2.47. The minimum Gasteiger partial charge on any atom is -0.489 e. The first-order valence-electron chi connectivity index (χ1n) is 9.20. The van der Waals surface area contributed by atoms with Gasteiger partial charge in [-0.15, -0.1) is 0 Å². The van der Waals surface area contributed by atoms with Crippen molar-refractivity contribution in [3.63, 3.8) is 0 Å². The van der Waals surface area contributed by atoms with Crippen molar-refractivity contribution in [3.8, 4) is 5.75 Å². The Balaban J connectivity index is 1.46. The van der Waals surface area contributed by atoms with Crippen molar-refractivity contribution < 1.29 is 9.13 Å². The van der Waals surface area contributed by atoms with E-state index in [1.54, 1.807) is 19.3 Å². The third-order valence-corrected chi connectivity index (χ3v) is 4.43. The third-order valence-electron chi connectivity index (χ3n) is 4.43. The lowest BCUT2D eigenvalue weighted by molar-refractivity contribution is 0.223. The largest absolute Gasteiger partial charge is 0.489 e. The highest BCUT2D eigenvalue weighted by atomic mass is 19.1. The molecule has 1 fully saturated rings. The summed E-state index contributed by atoms with van der Waals surface area (Å²) in [5.74, 6) is 1.69. The molecule has 1 aromatic heterocycles. The molecule has 144 valence electrons. The van der Waals surface area contributed by atoms with E-state index >= 15 is 0 Å². The number of para-hydroxylation sites is 1. The fourth-order valence-electron chi connectivity index (χ4n) is 3.08. The maximum absolute atomic E-state index is 13.9. The summed E-state index contributed by atoms with van der Waals surface area (Å²) in [4.78, 5) is 10.4. The second-order valence-corrected chi connectivity index (χ2v) is 6.58. The van der Waals surface area contributed by atoms with Gasteiger partial charge in [0, 0.05) is 32.4 Å². The highest BCUT2D eigenvalue weighted by molar-refractivity contribution is 5.80. The Morgan fingerprint density at radius 3 is 2.89 bits per heavy atom. The first kappa shape index (κ1) is 18.9. The normalized spacial score (nSPS) is 18.3. The lowest BCUT2D eigenvalue weighted by atomic mass is 10.3. The summed E-state index contributed by atoms with van der Waals surface area (Å²) in [6.45, 7) is 4.08. The summed E-state index contributed by atoms with van der Waals surface area (Å²) in [5.41, 5.74) is 0. The van der Waals surface area contributed by atoms with Crippen molar-refractivity contribution in [3.05, 3.63) is 54.5 Å². The maximum Gasteiger partial charge on any atom is 0.191 e. The average Bonchev–Trinajstić information content (AvgIpc) is 3.14. The van der Waals surface area contributed by atoms with Crippen molar-refractivity contribution in [1.29, 1.82) is 0 Å². The predicted octanol–water partition coefficient (Wildman–Crippen LogP) is 2.43. The van der Waals surface area contributed by atoms with Crippen LogP contribution in [0.1, 0.15) is 13.3 Å². The number of anilines is 1. The fourth-order valence-corrected chi connectivity index (χ4v) is 3.08. The van der Waals surface area contributed by atoms with Crippen molar-refractivity contribution in [2.24, 2.45) is 4.99 Å². The zero-order valence-electron chi connectivity index (χ0n) is 15.7. The van der Waals surface area contributed by atoms with E-state index in [2.05, 4.69) is 20.6 Å². The van der Waals surface area contributed by atoms with Crippen LogP contribution in [-0.2, 0) is 0 Å². The van der Waals surface area contributed by atoms with Gasteiger partial charge in [-0.3, -0.25) is 4.99 Å². The molecule has 1 aromatic carbocycles. The number of guanidine groups is 1. The van der Waals surface area contributed by atoms with Gasteiger partial charge in [-0.2, -0.15) is 0 Å². The molecule has 0 bridgehead atoms. The Bertz CT molecular complexity index is 755. The first-order valence-corrected chi connectivity index (χ1v) is 9.20. The molecule has 1 aliphatic heterocycles. The number of benzene rings is 1. The smallest absolute Gasteiger partial charge is 0.191 e. The van der Waals surface area contributed by atoms with Crippen molar-refractivity contribution in [2.45, 2.75) is 25.5 Å². The first-order chi connectivity index (χ1) is 13.2. The number of nitrogens with zero attached hydrogens (tertiary/aromatic N) is 3. The molecule has 27 heavy (non-hydrogen) atoms. The standard InChI is InChI=1S/C20H26FN5O/c1-15(27-17-7-4-3-5-8-17)13-24-20(22-2)25-16-10-12-26(14-16)19-18(21)9-6-11-23-19/h3-9,11,15-16H,10,12-14H2,1-2H3,(H2,22,24,25). The lowest BCUT2D eigenvalue weighted by Gasteiger charge is -2.21. The van der Waals surface area contributed by atoms with Crippen LogP contribution in [0.25, 0.3) is 0 Å². The Morgan fingerprint density at radius 1 is 1.33 bits per heavy atom. The molecule has 3 rings (SSSR count). The number of hydrogen-bond acceptors (Lipinski definition) is 4. The molecular weight excluding hydrogens is 345 g/mol. The van der Waals surface area contributed by atoms with E-state index in [1.807, 2.05) is 42.2 Å². The van der Waals surface area contributed by atoms with E-state index in [0.29, 0.717) is 24.9 Å². The Morgan fingerprint density at radius 2 is 2.15 bits per heavy atom. The van der Waals surface area contributed by atoms with Crippen LogP contribution in [0.3, 0.4) is 0 Å². The van der Waals surface area contributed by atoms with Gasteiger partial charge in [-0.25, -0.2) is 9.37 Å². The summed E-state index contributed by atoms with van der Waals surface area (Å²) in [6, 6.07) is 13.0. The number of rotatable bonds is 6. The second-order valence-electron chi connectivity index (χ2n) is 6.58. The van der Waals surface area contributed by atoms with E-state index in [9.17, 15) is 4.39 Å². The monoisotopic (exact) mass is 371 g/mol. The summed E-state index contributed by atoms with van der Waals surface area (Å²) in [6.07, 6.45) is 2.51. The minimum absolute atomic E-state index is 0.00589. The molecule has 2 heterocycles. The maximum atomic E-state index is 13.9. The average molecular weight is 371 g/mol. The molecular formula is C20H26FN5O. The number of ether oxygens (including phenoxy) is 1. The van der Waals surface area contributed by atoms with Gasteiger partial charge in [0.15, 0.2) is 17.6 Å². The molecule has 2 N–H and O–H groups in total. The van der Waals surface area contributed by atoms with Crippen LogP contribution in [-0.4, -0.2) is 49.8 Å². The minimum atomic E-state index is -0.285. The van der Waals surface area contributed by atoms with Crippen LogP contribution < -0.4 is 20.3 Å². The third kappa shape index (κ3) is 5.32. The van der Waals surface area contributed by atoms with Gasteiger partial charge in [0.05, 0.1) is 6.54 Å². The van der Waals surface area contributed by atoms with Gasteiger partial charge in [0.2, 0.25) is 0 Å². The van der Waals surface area contributed by atoms with Gasteiger partial charge in [-0.1, -0.05) is 18.2 Å². The summed E-state index contributed by atoms with van der Waals surface area (Å²) in [5, 5.41) is 6.68. The van der Waals surface area contributed by atoms with Gasteiger partial charge in [0.1, 0.15) is 11.9 Å². The Kier molecular flexibility index (Phi) is 6.46. The van der Waals surface area contributed by atoms with E-state index < -0.39 is 0 Å². The Hall–Kier alpha value is -2.83. The number of pyridine rings is 1. The quantitative estimate of drug-likeness (QED) is 0.603. The predicted molar refractivity (Wildman–Crippen MR) is 106 cm³/mol. The van der Waals surface area contributed by atoms with E-state index in [1.165, 1.54) is 6.07 Å².